The highest BCUT2D eigenvalue weighted by Crippen LogP contribution is 2.29. The first-order chi connectivity index (χ1) is 7.72. The van der Waals surface area contributed by atoms with Crippen molar-refractivity contribution in [2.45, 2.75) is 43.6 Å². The first-order valence-corrected chi connectivity index (χ1v) is 6.92. The van der Waals surface area contributed by atoms with Gasteiger partial charge < -0.3 is 15.8 Å². The first-order valence-electron chi connectivity index (χ1n) is 5.87. The molecule has 3 N–H and O–H groups in total. The van der Waals surface area contributed by atoms with Crippen LogP contribution in [0.2, 0.25) is 0 Å². The van der Waals surface area contributed by atoms with Gasteiger partial charge in [0.1, 0.15) is 6.10 Å². The summed E-state index contributed by atoms with van der Waals surface area (Å²) >= 11 is 1.93. The Morgan fingerprint density at radius 3 is 2.94 bits per heavy atom. The van der Waals surface area contributed by atoms with Crippen LogP contribution in [0.3, 0.4) is 0 Å². The van der Waals surface area contributed by atoms with E-state index in [4.69, 9.17) is 10.5 Å². The van der Waals surface area contributed by atoms with Gasteiger partial charge in [-0.3, -0.25) is 4.79 Å². The Bertz CT molecular complexity index is 222. The van der Waals surface area contributed by atoms with Crippen LogP contribution in [0.15, 0.2) is 0 Å². The second kappa shape index (κ2) is 7.14. The molecule has 0 aromatic rings. The zero-order valence-electron chi connectivity index (χ0n) is 10.1. The van der Waals surface area contributed by atoms with Gasteiger partial charge >= 0.3 is 0 Å². The number of nitrogens with one attached hydrogen (secondary N) is 1. The minimum Gasteiger partial charge on any atom is -0.370 e. The van der Waals surface area contributed by atoms with Crippen LogP contribution < -0.4 is 11.1 Å². The summed E-state index contributed by atoms with van der Waals surface area (Å²) in [4.78, 5) is 11.8. The Morgan fingerprint density at radius 1 is 1.62 bits per heavy atom. The van der Waals surface area contributed by atoms with E-state index >= 15 is 0 Å². The normalized spacial score (nSPS) is 26.7. The van der Waals surface area contributed by atoms with Crippen LogP contribution in [0.25, 0.3) is 0 Å². The van der Waals surface area contributed by atoms with Crippen molar-refractivity contribution in [3.05, 3.63) is 0 Å². The number of hydrogen-bond donors (Lipinski definition) is 2. The van der Waals surface area contributed by atoms with Crippen molar-refractivity contribution in [3.8, 4) is 0 Å². The van der Waals surface area contributed by atoms with Crippen LogP contribution in [0.1, 0.15) is 26.2 Å². The molecule has 0 bridgehead atoms. The molecule has 0 aromatic carbocycles. The number of carbonyl (C=O) groups excluding carboxylic acids is 1. The van der Waals surface area contributed by atoms with E-state index in [1.54, 1.807) is 0 Å². The van der Waals surface area contributed by atoms with E-state index in [1.807, 2.05) is 11.8 Å². The first kappa shape index (κ1) is 13.8. The summed E-state index contributed by atoms with van der Waals surface area (Å²) < 4.78 is 5.02. The lowest BCUT2D eigenvalue weighted by molar-refractivity contribution is -0.131. The molecule has 1 aliphatic rings. The topological polar surface area (TPSA) is 64.4 Å². The highest BCUT2D eigenvalue weighted by atomic mass is 32.2. The smallest absolute Gasteiger partial charge is 0.250 e. The molecule has 1 saturated carbocycles. The average molecular weight is 246 g/mol. The van der Waals surface area contributed by atoms with Gasteiger partial charge in [0, 0.05) is 24.9 Å². The standard InChI is InChI=1S/C11H22N2O2S/c1-3-16-10-6-4-5-8(10)13-11(14)9(7-12)15-2/h8-10H,3-7,12H2,1-2H3,(H,13,14). The van der Waals surface area contributed by atoms with Crippen molar-refractivity contribution >= 4 is 17.7 Å². The highest BCUT2D eigenvalue weighted by Gasteiger charge is 2.30. The van der Waals surface area contributed by atoms with Crippen LogP contribution in [-0.2, 0) is 9.53 Å². The average Bonchev–Trinajstić information content (AvgIpc) is 2.68. The maximum atomic E-state index is 11.8. The second-order valence-corrected chi connectivity index (χ2v) is 5.52. The number of rotatable bonds is 6. The molecular weight excluding hydrogens is 224 g/mol. The minimum absolute atomic E-state index is 0.0707. The van der Waals surface area contributed by atoms with Crippen LogP contribution in [0, 0.1) is 0 Å². The van der Waals surface area contributed by atoms with Gasteiger partial charge in [0.2, 0.25) is 0 Å². The van der Waals surface area contributed by atoms with Crippen molar-refractivity contribution < 1.29 is 9.53 Å². The lowest BCUT2D eigenvalue weighted by Crippen LogP contribution is -2.47. The van der Waals surface area contributed by atoms with E-state index in [0.29, 0.717) is 11.3 Å². The van der Waals surface area contributed by atoms with Crippen LogP contribution in [0.5, 0.6) is 0 Å². The molecule has 3 atom stereocenters. The molecule has 1 amide bonds. The number of carbonyl (C=O) groups is 1. The maximum absolute atomic E-state index is 11.8. The number of hydrogen-bond acceptors (Lipinski definition) is 4. The fourth-order valence-electron chi connectivity index (χ4n) is 2.09. The number of methoxy groups -OCH3 is 1. The fraction of sp³-hybridized carbons (Fsp3) is 0.909. The number of amides is 1. The Labute approximate surface area is 102 Å². The van der Waals surface area contributed by atoms with E-state index in [9.17, 15) is 4.79 Å². The van der Waals surface area contributed by atoms with Crippen molar-refractivity contribution in [3.63, 3.8) is 0 Å². The largest absolute Gasteiger partial charge is 0.370 e. The third-order valence-electron chi connectivity index (χ3n) is 2.95. The maximum Gasteiger partial charge on any atom is 0.250 e. The summed E-state index contributed by atoms with van der Waals surface area (Å²) in [7, 11) is 1.52. The van der Waals surface area contributed by atoms with E-state index in [-0.39, 0.29) is 12.5 Å². The van der Waals surface area contributed by atoms with E-state index < -0.39 is 6.10 Å². The molecule has 0 radical (unpaired) electrons. The zero-order chi connectivity index (χ0) is 12.0. The van der Waals surface area contributed by atoms with E-state index in [2.05, 4.69) is 12.2 Å². The van der Waals surface area contributed by atoms with E-state index in [0.717, 1.165) is 12.2 Å². The summed E-state index contributed by atoms with van der Waals surface area (Å²) in [5, 5.41) is 3.61. The predicted molar refractivity (Wildman–Crippen MR) is 67.6 cm³/mol. The molecule has 0 aromatic heterocycles. The molecule has 3 unspecified atom stereocenters. The summed E-state index contributed by atoms with van der Waals surface area (Å²) in [6.45, 7) is 2.39. The number of nitrogens with two attached hydrogens (primary N) is 1. The molecule has 1 rings (SSSR count). The third kappa shape index (κ3) is 3.64. The predicted octanol–water partition coefficient (Wildman–Crippen LogP) is 0.751. The SMILES string of the molecule is CCSC1CCCC1NC(=O)C(CN)OC. The molecule has 4 nitrogen and oxygen atoms in total. The monoisotopic (exact) mass is 246 g/mol. The molecule has 0 spiro atoms. The molecule has 0 heterocycles. The quantitative estimate of drug-likeness (QED) is 0.726. The lowest BCUT2D eigenvalue weighted by atomic mass is 10.2. The second-order valence-electron chi connectivity index (χ2n) is 4.00. The Kier molecular flexibility index (Phi) is 6.16. The van der Waals surface area contributed by atoms with Crippen LogP contribution >= 0.6 is 11.8 Å². The van der Waals surface area contributed by atoms with Crippen molar-refractivity contribution in [1.82, 2.24) is 5.32 Å². The van der Waals surface area contributed by atoms with Gasteiger partial charge in [-0.2, -0.15) is 11.8 Å². The molecule has 16 heavy (non-hydrogen) atoms. The Morgan fingerprint density at radius 2 is 2.38 bits per heavy atom. The van der Waals surface area contributed by atoms with Gasteiger partial charge in [-0.05, 0) is 18.6 Å². The van der Waals surface area contributed by atoms with Crippen LogP contribution in [0.4, 0.5) is 0 Å². The molecule has 0 aliphatic heterocycles. The molecular formula is C11H22N2O2S. The van der Waals surface area contributed by atoms with Gasteiger partial charge in [-0.15, -0.1) is 0 Å². The highest BCUT2D eigenvalue weighted by molar-refractivity contribution is 7.99. The van der Waals surface area contributed by atoms with Gasteiger partial charge in [-0.25, -0.2) is 0 Å². The fourth-order valence-corrected chi connectivity index (χ4v) is 3.29. The Hall–Kier alpha value is -0.260. The molecule has 5 heteroatoms. The van der Waals surface area contributed by atoms with Gasteiger partial charge in [0.05, 0.1) is 0 Å². The molecule has 0 saturated heterocycles. The molecule has 1 aliphatic carbocycles. The summed E-state index contributed by atoms with van der Waals surface area (Å²) in [5.41, 5.74) is 5.46. The van der Waals surface area contributed by atoms with E-state index in [1.165, 1.54) is 20.0 Å². The van der Waals surface area contributed by atoms with Gasteiger partial charge in [0.25, 0.3) is 5.91 Å². The molecule has 94 valence electrons. The summed E-state index contributed by atoms with van der Waals surface area (Å²) in [6, 6.07) is 0.293. The lowest BCUT2D eigenvalue weighted by Gasteiger charge is -2.22. The third-order valence-corrected chi connectivity index (χ3v) is 4.28. The van der Waals surface area contributed by atoms with Crippen molar-refractivity contribution in [2.24, 2.45) is 5.73 Å². The summed E-state index contributed by atoms with van der Waals surface area (Å²) in [5.74, 6) is 1.03. The van der Waals surface area contributed by atoms with Gasteiger partial charge in [0.15, 0.2) is 0 Å². The van der Waals surface area contributed by atoms with Crippen molar-refractivity contribution in [1.29, 1.82) is 0 Å². The summed E-state index contributed by atoms with van der Waals surface area (Å²) in [6.07, 6.45) is 2.96. The minimum atomic E-state index is -0.507. The van der Waals surface area contributed by atoms with Gasteiger partial charge in [-0.1, -0.05) is 13.3 Å². The number of thioether (sulfide) groups is 1. The number of ether oxygens (including phenoxy) is 1. The Balaban J connectivity index is 2.43. The van der Waals surface area contributed by atoms with Crippen molar-refractivity contribution in [2.75, 3.05) is 19.4 Å². The van der Waals surface area contributed by atoms with Crippen LogP contribution in [-0.4, -0.2) is 42.7 Å². The zero-order valence-corrected chi connectivity index (χ0v) is 10.9. The molecule has 1 fully saturated rings.